The number of aryl methyl sites for hydroxylation is 1. The Bertz CT molecular complexity index is 1140. The molecule has 0 radical (unpaired) electrons. The number of hydrogen-bond acceptors (Lipinski definition) is 4. The van der Waals surface area contributed by atoms with E-state index in [-0.39, 0.29) is 34.0 Å². The van der Waals surface area contributed by atoms with Crippen LogP contribution in [0.25, 0.3) is 0 Å². The third-order valence-corrected chi connectivity index (χ3v) is 6.73. The van der Waals surface area contributed by atoms with Gasteiger partial charge in [-0.15, -0.1) is 0 Å². The summed E-state index contributed by atoms with van der Waals surface area (Å²) in [7, 11) is -5.52. The number of anilines is 1. The van der Waals surface area contributed by atoms with Crippen molar-refractivity contribution >= 4 is 33.0 Å². The number of rotatable bonds is 4. The topological polar surface area (TPSA) is 83.5 Å². The SMILES string of the molecule is CCc1cc(S(=O)(=O)C(F)(F)F)ccc1NC(=O)c1c(C)c(Cl)cc(C(C)(C)C)c1O. The molecule has 2 aromatic carbocycles. The quantitative estimate of drug-likeness (QED) is 0.586. The molecule has 0 aliphatic rings. The van der Waals surface area contributed by atoms with Crippen LogP contribution in [0.2, 0.25) is 5.02 Å². The van der Waals surface area contributed by atoms with E-state index >= 15 is 0 Å². The van der Waals surface area contributed by atoms with Crippen LogP contribution < -0.4 is 5.32 Å². The highest BCUT2D eigenvalue weighted by atomic mass is 35.5. The zero-order chi connectivity index (χ0) is 23.9. The molecule has 0 heterocycles. The van der Waals surface area contributed by atoms with E-state index in [0.29, 0.717) is 11.1 Å². The van der Waals surface area contributed by atoms with Crippen LogP contribution in [0.3, 0.4) is 0 Å². The summed E-state index contributed by atoms with van der Waals surface area (Å²) in [6.45, 7) is 8.68. The van der Waals surface area contributed by atoms with Gasteiger partial charge in [-0.2, -0.15) is 13.2 Å². The van der Waals surface area contributed by atoms with Crippen LogP contribution >= 0.6 is 11.6 Å². The second-order valence-electron chi connectivity index (χ2n) is 8.08. The van der Waals surface area contributed by atoms with E-state index < -0.39 is 31.6 Å². The molecule has 10 heteroatoms. The highest BCUT2D eigenvalue weighted by Gasteiger charge is 2.47. The van der Waals surface area contributed by atoms with Crippen molar-refractivity contribution in [2.24, 2.45) is 0 Å². The maximum absolute atomic E-state index is 13.0. The largest absolute Gasteiger partial charge is 0.507 e. The van der Waals surface area contributed by atoms with Gasteiger partial charge < -0.3 is 10.4 Å². The van der Waals surface area contributed by atoms with Crippen LogP contribution in [0, 0.1) is 6.92 Å². The first-order valence-corrected chi connectivity index (χ1v) is 11.2. The van der Waals surface area contributed by atoms with Gasteiger partial charge in [-0.05, 0) is 54.2 Å². The average Bonchev–Trinajstić information content (AvgIpc) is 2.63. The van der Waals surface area contributed by atoms with Crippen LogP contribution in [0.15, 0.2) is 29.2 Å². The van der Waals surface area contributed by atoms with E-state index in [1.165, 1.54) is 0 Å². The first-order chi connectivity index (χ1) is 14.0. The van der Waals surface area contributed by atoms with E-state index in [0.717, 1.165) is 18.2 Å². The minimum atomic E-state index is -5.52. The number of carbonyl (C=O) groups excluding carboxylic acids is 1. The highest BCUT2D eigenvalue weighted by Crippen LogP contribution is 2.39. The second kappa shape index (κ2) is 8.35. The van der Waals surface area contributed by atoms with Crippen molar-refractivity contribution in [3.63, 3.8) is 0 Å². The number of phenolic OH excluding ortho intramolecular Hbond substituents is 1. The van der Waals surface area contributed by atoms with Crippen molar-refractivity contribution in [3.05, 3.63) is 51.5 Å². The van der Waals surface area contributed by atoms with E-state index in [1.807, 2.05) is 20.8 Å². The lowest BCUT2D eigenvalue weighted by atomic mass is 9.84. The van der Waals surface area contributed by atoms with E-state index in [2.05, 4.69) is 5.32 Å². The van der Waals surface area contributed by atoms with Crippen molar-refractivity contribution in [1.29, 1.82) is 0 Å². The van der Waals surface area contributed by atoms with Crippen LogP contribution in [0.1, 0.15) is 54.7 Å². The molecule has 31 heavy (non-hydrogen) atoms. The Morgan fingerprint density at radius 3 is 2.23 bits per heavy atom. The van der Waals surface area contributed by atoms with Gasteiger partial charge in [0.1, 0.15) is 5.75 Å². The molecule has 5 nitrogen and oxygen atoms in total. The second-order valence-corrected chi connectivity index (χ2v) is 10.4. The van der Waals surface area contributed by atoms with Crippen LogP contribution in [0.4, 0.5) is 18.9 Å². The zero-order valence-electron chi connectivity index (χ0n) is 17.6. The number of nitrogens with one attached hydrogen (secondary N) is 1. The summed E-state index contributed by atoms with van der Waals surface area (Å²) in [5, 5.41) is 13.5. The van der Waals surface area contributed by atoms with Crippen LogP contribution in [0.5, 0.6) is 5.75 Å². The monoisotopic (exact) mass is 477 g/mol. The number of amides is 1. The van der Waals surface area contributed by atoms with Gasteiger partial charge in [-0.25, -0.2) is 8.42 Å². The summed E-state index contributed by atoms with van der Waals surface area (Å²) in [5.74, 6) is -0.967. The van der Waals surface area contributed by atoms with Crippen molar-refractivity contribution in [2.75, 3.05) is 5.32 Å². The predicted octanol–water partition coefficient (Wildman–Crippen LogP) is 5.76. The van der Waals surface area contributed by atoms with E-state index in [1.54, 1.807) is 19.9 Å². The van der Waals surface area contributed by atoms with Gasteiger partial charge >= 0.3 is 5.51 Å². The average molecular weight is 478 g/mol. The molecule has 0 aliphatic carbocycles. The number of aromatic hydroxyl groups is 1. The fourth-order valence-electron chi connectivity index (χ4n) is 3.05. The molecule has 0 saturated heterocycles. The van der Waals surface area contributed by atoms with Gasteiger partial charge in [0.05, 0.1) is 10.5 Å². The van der Waals surface area contributed by atoms with Crippen molar-refractivity contribution in [2.45, 2.75) is 56.9 Å². The highest BCUT2D eigenvalue weighted by molar-refractivity contribution is 7.92. The first kappa shape index (κ1) is 25.0. The molecule has 2 aromatic rings. The minimum Gasteiger partial charge on any atom is -0.507 e. The third-order valence-electron chi connectivity index (χ3n) is 4.85. The Hall–Kier alpha value is -2.26. The van der Waals surface area contributed by atoms with Gasteiger partial charge in [-0.3, -0.25) is 4.79 Å². The Labute approximate surface area is 184 Å². The maximum Gasteiger partial charge on any atom is 0.501 e. The molecule has 1 amide bonds. The number of benzene rings is 2. The lowest BCUT2D eigenvalue weighted by Gasteiger charge is -2.24. The lowest BCUT2D eigenvalue weighted by Crippen LogP contribution is -2.23. The van der Waals surface area contributed by atoms with Crippen LogP contribution in [-0.4, -0.2) is 24.9 Å². The molecule has 0 aromatic heterocycles. The summed E-state index contributed by atoms with van der Waals surface area (Å²) in [6, 6.07) is 4.33. The standard InChI is InChI=1S/C21H23ClF3NO4S/c1-6-12-9-13(31(29,30)21(23,24)25)7-8-16(12)26-19(28)17-11(2)15(22)10-14(18(17)27)20(3,4)5/h7-10,27H,6H2,1-5H3,(H,26,28). The number of carbonyl (C=O) groups is 1. The van der Waals surface area contributed by atoms with E-state index in [9.17, 15) is 31.5 Å². The Balaban J connectivity index is 2.54. The van der Waals surface area contributed by atoms with Gasteiger partial charge in [-0.1, -0.05) is 39.3 Å². The Morgan fingerprint density at radius 1 is 1.16 bits per heavy atom. The van der Waals surface area contributed by atoms with Gasteiger partial charge in [0, 0.05) is 16.3 Å². The summed E-state index contributed by atoms with van der Waals surface area (Å²) < 4.78 is 61.9. The summed E-state index contributed by atoms with van der Waals surface area (Å²) in [5.41, 5.74) is -4.91. The van der Waals surface area contributed by atoms with Crippen LogP contribution in [-0.2, 0) is 21.7 Å². The summed E-state index contributed by atoms with van der Waals surface area (Å²) in [6.07, 6.45) is 0.157. The molecule has 170 valence electrons. The van der Waals surface area contributed by atoms with Crippen molar-refractivity contribution in [1.82, 2.24) is 0 Å². The van der Waals surface area contributed by atoms with Gasteiger partial charge in [0.2, 0.25) is 0 Å². The molecular formula is C21H23ClF3NO4S. The maximum atomic E-state index is 13.0. The lowest BCUT2D eigenvalue weighted by molar-refractivity contribution is -0.0436. The molecular weight excluding hydrogens is 455 g/mol. The molecule has 0 spiro atoms. The number of phenols is 1. The fourth-order valence-corrected chi connectivity index (χ4v) is 4.07. The molecule has 0 aliphatic heterocycles. The molecule has 0 unspecified atom stereocenters. The molecule has 2 N–H and O–H groups in total. The zero-order valence-corrected chi connectivity index (χ0v) is 19.2. The smallest absolute Gasteiger partial charge is 0.501 e. The molecule has 0 saturated carbocycles. The summed E-state index contributed by atoms with van der Waals surface area (Å²) in [4.78, 5) is 12.1. The summed E-state index contributed by atoms with van der Waals surface area (Å²) >= 11 is 6.25. The normalized spacial score (nSPS) is 12.7. The molecule has 2 rings (SSSR count). The number of hydrogen-bond donors (Lipinski definition) is 2. The number of halogens is 4. The first-order valence-electron chi connectivity index (χ1n) is 9.30. The van der Waals surface area contributed by atoms with Gasteiger partial charge in [0.25, 0.3) is 15.7 Å². The van der Waals surface area contributed by atoms with E-state index in [4.69, 9.17) is 11.6 Å². The number of alkyl halides is 3. The predicted molar refractivity (Wildman–Crippen MR) is 114 cm³/mol. The Morgan fingerprint density at radius 2 is 1.74 bits per heavy atom. The fraction of sp³-hybridized carbons (Fsp3) is 0.381. The molecule has 0 fully saturated rings. The van der Waals surface area contributed by atoms with Gasteiger partial charge in [0.15, 0.2) is 0 Å². The minimum absolute atomic E-state index is 0.0635. The molecule has 0 bridgehead atoms. The Kier molecular flexibility index (Phi) is 6.73. The van der Waals surface area contributed by atoms with Crippen molar-refractivity contribution in [3.8, 4) is 5.75 Å². The third kappa shape index (κ3) is 4.82. The van der Waals surface area contributed by atoms with Crippen molar-refractivity contribution < 1.29 is 31.5 Å². The number of sulfone groups is 1. The molecule has 0 atom stereocenters.